The molecule has 0 aliphatic carbocycles. The largest absolute Gasteiger partial charge is 0.392 e. The number of nitrogens with zero attached hydrogens (tertiary/aromatic N) is 3. The number of nitrogen functional groups attached to an aromatic ring is 1. The number of nitrogens with two attached hydrogens (primary N) is 1. The number of rotatable bonds is 4. The molecule has 1 aromatic heterocycles. The highest BCUT2D eigenvalue weighted by molar-refractivity contribution is 7.89. The summed E-state index contributed by atoms with van der Waals surface area (Å²) in [7, 11) is -0.708. The lowest BCUT2D eigenvalue weighted by Gasteiger charge is -2.17. The lowest BCUT2D eigenvalue weighted by atomic mass is 10.4. The van der Waals surface area contributed by atoms with Crippen molar-refractivity contribution in [1.82, 2.24) is 14.1 Å². The van der Waals surface area contributed by atoms with E-state index in [0.29, 0.717) is 0 Å². The molecule has 92 valence electrons. The van der Waals surface area contributed by atoms with Crippen LogP contribution < -0.4 is 5.73 Å². The van der Waals surface area contributed by atoms with E-state index in [-0.39, 0.29) is 17.3 Å². The quantitative estimate of drug-likeness (QED) is 0.712. The predicted molar refractivity (Wildman–Crippen MR) is 59.1 cm³/mol. The molecule has 0 spiro atoms. The Morgan fingerprint density at radius 1 is 1.69 bits per heavy atom. The number of sulfonamides is 1. The molecule has 7 nitrogen and oxygen atoms in total. The van der Waals surface area contributed by atoms with Gasteiger partial charge in [0.05, 0.1) is 6.10 Å². The maximum absolute atomic E-state index is 12.0. The Morgan fingerprint density at radius 3 is 2.62 bits per heavy atom. The topological polar surface area (TPSA) is 101 Å². The smallest absolute Gasteiger partial charge is 0.248 e. The van der Waals surface area contributed by atoms with E-state index in [4.69, 9.17) is 10.8 Å². The van der Waals surface area contributed by atoms with Crippen LogP contribution in [0.1, 0.15) is 6.92 Å². The van der Waals surface area contributed by atoms with Gasteiger partial charge in [-0.25, -0.2) is 8.42 Å². The molecule has 0 saturated carbocycles. The second-order valence-corrected chi connectivity index (χ2v) is 5.70. The molecule has 0 saturated heterocycles. The van der Waals surface area contributed by atoms with E-state index in [0.717, 1.165) is 4.31 Å². The summed E-state index contributed by atoms with van der Waals surface area (Å²) in [5.41, 5.74) is 5.50. The maximum Gasteiger partial charge on any atom is 0.248 e. The summed E-state index contributed by atoms with van der Waals surface area (Å²) in [6, 6.07) is 0. The number of aliphatic hydroxyl groups is 1. The van der Waals surface area contributed by atoms with Gasteiger partial charge in [-0.05, 0) is 6.92 Å². The number of likely N-dealkylation sites (N-methyl/N-ethyl adjacent to an activating group) is 1. The summed E-state index contributed by atoms with van der Waals surface area (Å²) in [5.74, 6) is -0.0417. The fourth-order valence-electron chi connectivity index (χ4n) is 1.32. The second-order valence-electron chi connectivity index (χ2n) is 3.69. The van der Waals surface area contributed by atoms with Gasteiger partial charge in [-0.15, -0.1) is 0 Å². The Kier molecular flexibility index (Phi) is 3.56. The number of anilines is 1. The molecule has 0 fully saturated rings. The molecule has 3 N–H and O–H groups in total. The Hall–Kier alpha value is -1.12. The second kappa shape index (κ2) is 4.40. The van der Waals surface area contributed by atoms with Gasteiger partial charge in [-0.3, -0.25) is 4.68 Å². The first-order valence-corrected chi connectivity index (χ1v) is 6.12. The third-order valence-corrected chi connectivity index (χ3v) is 3.87. The average Bonchev–Trinajstić information content (AvgIpc) is 2.44. The van der Waals surface area contributed by atoms with Crippen LogP contribution in [0.3, 0.4) is 0 Å². The number of aryl methyl sites for hydroxylation is 1. The van der Waals surface area contributed by atoms with Gasteiger partial charge in [-0.1, -0.05) is 0 Å². The van der Waals surface area contributed by atoms with Crippen molar-refractivity contribution in [3.63, 3.8) is 0 Å². The highest BCUT2D eigenvalue weighted by Gasteiger charge is 2.26. The SMILES string of the molecule is CC(O)CN(C)S(=O)(=O)c1cn(C)nc1N. The zero-order valence-corrected chi connectivity index (χ0v) is 10.3. The molecule has 0 aliphatic heterocycles. The number of hydrogen-bond acceptors (Lipinski definition) is 5. The summed E-state index contributed by atoms with van der Waals surface area (Å²) in [6.07, 6.45) is 0.598. The number of aliphatic hydroxyl groups excluding tert-OH is 1. The van der Waals surface area contributed by atoms with Crippen molar-refractivity contribution in [3.05, 3.63) is 6.20 Å². The van der Waals surface area contributed by atoms with Gasteiger partial charge < -0.3 is 10.8 Å². The van der Waals surface area contributed by atoms with Gasteiger partial charge in [0.2, 0.25) is 10.0 Å². The minimum absolute atomic E-state index is 0.0106. The Labute approximate surface area is 94.5 Å². The van der Waals surface area contributed by atoms with Crippen molar-refractivity contribution in [2.24, 2.45) is 7.05 Å². The fraction of sp³-hybridized carbons (Fsp3) is 0.625. The van der Waals surface area contributed by atoms with E-state index in [1.807, 2.05) is 0 Å². The van der Waals surface area contributed by atoms with Crippen LogP contribution in [0.25, 0.3) is 0 Å². The molecule has 1 unspecified atom stereocenters. The van der Waals surface area contributed by atoms with Crippen molar-refractivity contribution >= 4 is 15.8 Å². The third-order valence-electron chi connectivity index (χ3n) is 2.03. The Bertz CT molecular complexity index is 466. The van der Waals surface area contributed by atoms with Crippen molar-refractivity contribution in [1.29, 1.82) is 0 Å². The molecule has 1 aromatic rings. The van der Waals surface area contributed by atoms with Crippen molar-refractivity contribution in [2.75, 3.05) is 19.3 Å². The van der Waals surface area contributed by atoms with E-state index < -0.39 is 16.1 Å². The number of aromatic nitrogens is 2. The van der Waals surface area contributed by atoms with Crippen molar-refractivity contribution < 1.29 is 13.5 Å². The van der Waals surface area contributed by atoms with E-state index in [1.165, 1.54) is 24.9 Å². The van der Waals surface area contributed by atoms with Crippen LogP contribution >= 0.6 is 0 Å². The van der Waals surface area contributed by atoms with E-state index in [2.05, 4.69) is 5.10 Å². The van der Waals surface area contributed by atoms with Crippen LogP contribution in [0, 0.1) is 0 Å². The summed E-state index contributed by atoms with van der Waals surface area (Å²) in [4.78, 5) is -0.0434. The standard InChI is InChI=1S/C8H16N4O3S/c1-6(13)4-12(3)16(14,15)7-5-11(2)10-8(7)9/h5-6,13H,4H2,1-3H3,(H2,9,10). The first-order valence-electron chi connectivity index (χ1n) is 4.68. The van der Waals surface area contributed by atoms with Crippen LogP contribution in [-0.2, 0) is 17.1 Å². The Morgan fingerprint density at radius 2 is 2.25 bits per heavy atom. The van der Waals surface area contributed by atoms with Crippen molar-refractivity contribution in [2.45, 2.75) is 17.9 Å². The van der Waals surface area contributed by atoms with Crippen molar-refractivity contribution in [3.8, 4) is 0 Å². The van der Waals surface area contributed by atoms with Crippen LogP contribution in [0.4, 0.5) is 5.82 Å². The molecule has 1 atom stereocenters. The molecule has 0 radical (unpaired) electrons. The molecule has 1 heterocycles. The van der Waals surface area contributed by atoms with Gasteiger partial charge in [0, 0.05) is 26.8 Å². The van der Waals surface area contributed by atoms with Gasteiger partial charge >= 0.3 is 0 Å². The first kappa shape index (κ1) is 12.9. The summed E-state index contributed by atoms with van der Waals surface area (Å²) in [6.45, 7) is 1.52. The molecule has 0 bridgehead atoms. The predicted octanol–water partition coefficient (Wildman–Crippen LogP) is -0.996. The zero-order chi connectivity index (χ0) is 12.5. The van der Waals surface area contributed by atoms with Crippen LogP contribution in [-0.4, -0.2) is 47.3 Å². The molecular weight excluding hydrogens is 232 g/mol. The van der Waals surface area contributed by atoms with E-state index in [1.54, 1.807) is 7.05 Å². The van der Waals surface area contributed by atoms with Gasteiger partial charge in [0.25, 0.3) is 0 Å². The molecule has 1 rings (SSSR count). The van der Waals surface area contributed by atoms with Crippen LogP contribution in [0.2, 0.25) is 0 Å². The third kappa shape index (κ3) is 2.52. The first-order chi connectivity index (χ1) is 7.25. The monoisotopic (exact) mass is 248 g/mol. The fourth-order valence-corrected chi connectivity index (χ4v) is 2.66. The van der Waals surface area contributed by atoms with Crippen LogP contribution in [0.15, 0.2) is 11.1 Å². The number of hydrogen-bond donors (Lipinski definition) is 2. The Balaban J connectivity index is 3.07. The molecule has 0 aliphatic rings. The zero-order valence-electron chi connectivity index (χ0n) is 9.45. The molecule has 0 aromatic carbocycles. The summed E-state index contributed by atoms with van der Waals surface area (Å²) >= 11 is 0. The van der Waals surface area contributed by atoms with Gasteiger partial charge in [-0.2, -0.15) is 9.40 Å². The average molecular weight is 248 g/mol. The lowest BCUT2D eigenvalue weighted by molar-refractivity contribution is 0.171. The minimum Gasteiger partial charge on any atom is -0.392 e. The summed E-state index contributed by atoms with van der Waals surface area (Å²) < 4.78 is 26.3. The molecular formula is C8H16N4O3S. The normalized spacial score (nSPS) is 14.3. The lowest BCUT2D eigenvalue weighted by Crippen LogP contribution is -2.33. The summed E-state index contributed by atoms with van der Waals surface area (Å²) in [5, 5.41) is 12.9. The highest BCUT2D eigenvalue weighted by atomic mass is 32.2. The van der Waals surface area contributed by atoms with Gasteiger partial charge in [0.15, 0.2) is 5.82 Å². The van der Waals surface area contributed by atoms with E-state index >= 15 is 0 Å². The highest BCUT2D eigenvalue weighted by Crippen LogP contribution is 2.19. The molecule has 8 heteroatoms. The van der Waals surface area contributed by atoms with Crippen LogP contribution in [0.5, 0.6) is 0 Å². The van der Waals surface area contributed by atoms with E-state index in [9.17, 15) is 8.42 Å². The molecule has 16 heavy (non-hydrogen) atoms. The maximum atomic E-state index is 12.0. The molecule has 0 amide bonds. The minimum atomic E-state index is -3.68. The van der Waals surface area contributed by atoms with Gasteiger partial charge in [0.1, 0.15) is 4.90 Å².